The highest BCUT2D eigenvalue weighted by atomic mass is 16.6. The van der Waals surface area contributed by atoms with Crippen molar-refractivity contribution in [2.75, 3.05) is 13.2 Å². The number of carbonyl (C=O) groups excluding carboxylic acids is 2. The molecule has 0 spiro atoms. The summed E-state index contributed by atoms with van der Waals surface area (Å²) in [7, 11) is 0. The van der Waals surface area contributed by atoms with Crippen LogP contribution in [0.5, 0.6) is 0 Å². The number of aromatic nitrogens is 1. The fourth-order valence-corrected chi connectivity index (χ4v) is 9.27. The molecule has 0 radical (unpaired) electrons. The van der Waals surface area contributed by atoms with Crippen molar-refractivity contribution in [3.63, 3.8) is 0 Å². The molecule has 0 bridgehead atoms. The topological polar surface area (TPSA) is 153 Å². The Labute approximate surface area is 269 Å². The van der Waals surface area contributed by atoms with Crippen LogP contribution in [-0.4, -0.2) is 63.5 Å². The third kappa shape index (κ3) is 5.59. The Balaban J connectivity index is 0.987. The molecule has 2 amide bonds. The molecule has 3 saturated carbocycles. The highest BCUT2D eigenvalue weighted by molar-refractivity contribution is 5.96. The number of nitrogens with zero attached hydrogens (tertiary/aromatic N) is 1. The number of carbonyl (C=O) groups is 3. The van der Waals surface area contributed by atoms with Crippen molar-refractivity contribution in [1.82, 2.24) is 15.6 Å². The van der Waals surface area contributed by atoms with E-state index < -0.39 is 29.4 Å². The molecule has 0 saturated heterocycles. The number of carboxylic acid groups (broad SMARTS) is 1. The van der Waals surface area contributed by atoms with Crippen LogP contribution >= 0.6 is 0 Å². The van der Waals surface area contributed by atoms with Crippen LogP contribution in [0.25, 0.3) is 10.9 Å². The molecule has 1 aromatic carbocycles. The quantitative estimate of drug-likeness (QED) is 0.208. The number of oxime groups is 1. The Kier molecular flexibility index (Phi) is 8.49. The van der Waals surface area contributed by atoms with Crippen LogP contribution in [0.4, 0.5) is 0 Å². The number of nitrogens with one attached hydrogen (secondary N) is 3. The number of terminal acetylenes is 1. The summed E-state index contributed by atoms with van der Waals surface area (Å²) < 4.78 is 0. The lowest BCUT2D eigenvalue weighted by Crippen LogP contribution is -2.54. The van der Waals surface area contributed by atoms with E-state index in [9.17, 15) is 24.6 Å². The minimum atomic E-state index is -1.16. The Morgan fingerprint density at radius 3 is 2.67 bits per heavy atom. The minimum Gasteiger partial charge on any atom is -0.480 e. The van der Waals surface area contributed by atoms with Crippen molar-refractivity contribution in [3.05, 3.63) is 47.7 Å². The van der Waals surface area contributed by atoms with Gasteiger partial charge in [0.05, 0.1) is 12.3 Å². The van der Waals surface area contributed by atoms with Gasteiger partial charge in [-0.1, -0.05) is 48.7 Å². The first-order valence-corrected chi connectivity index (χ1v) is 16.4. The van der Waals surface area contributed by atoms with Gasteiger partial charge in [0.15, 0.2) is 6.61 Å². The van der Waals surface area contributed by atoms with Crippen molar-refractivity contribution in [3.8, 4) is 12.3 Å². The molecule has 1 aromatic heterocycles. The summed E-state index contributed by atoms with van der Waals surface area (Å²) in [6.45, 7) is 3.86. The molecule has 3 fully saturated rings. The predicted molar refractivity (Wildman–Crippen MR) is 173 cm³/mol. The van der Waals surface area contributed by atoms with Crippen LogP contribution < -0.4 is 10.6 Å². The third-order valence-corrected chi connectivity index (χ3v) is 11.9. The molecule has 4 aliphatic carbocycles. The molecule has 5 N–H and O–H groups in total. The number of hydrogen-bond acceptors (Lipinski definition) is 6. The molecule has 0 aliphatic heterocycles. The maximum absolute atomic E-state index is 12.5. The van der Waals surface area contributed by atoms with Crippen molar-refractivity contribution >= 4 is 34.4 Å². The Hall–Kier alpha value is -4.10. The van der Waals surface area contributed by atoms with E-state index in [1.54, 1.807) is 6.20 Å². The Morgan fingerprint density at radius 1 is 1.11 bits per heavy atom. The van der Waals surface area contributed by atoms with Crippen LogP contribution in [-0.2, 0) is 25.6 Å². The predicted octanol–water partition coefficient (Wildman–Crippen LogP) is 4.10. The first-order valence-electron chi connectivity index (χ1n) is 16.4. The number of aliphatic hydroxyl groups is 1. The van der Waals surface area contributed by atoms with Gasteiger partial charge in [0.25, 0.3) is 5.91 Å². The molecular weight excluding hydrogens is 584 g/mol. The molecular formula is C36H44N4O6. The van der Waals surface area contributed by atoms with E-state index >= 15 is 0 Å². The van der Waals surface area contributed by atoms with E-state index in [4.69, 9.17) is 11.3 Å². The lowest BCUT2D eigenvalue weighted by atomic mass is 9.46. The number of fused-ring (bicyclic) bond motifs is 6. The number of aliphatic carboxylic acids is 1. The van der Waals surface area contributed by atoms with Gasteiger partial charge in [-0.25, -0.2) is 4.79 Å². The van der Waals surface area contributed by atoms with Crippen molar-refractivity contribution in [2.45, 2.75) is 83.3 Å². The van der Waals surface area contributed by atoms with Crippen LogP contribution in [0.2, 0.25) is 0 Å². The summed E-state index contributed by atoms with van der Waals surface area (Å²) in [4.78, 5) is 45.2. The normalized spacial score (nSPS) is 33.1. The number of amides is 2. The fraction of sp³-hybridized carbons (Fsp3) is 0.556. The van der Waals surface area contributed by atoms with Gasteiger partial charge < -0.3 is 30.7 Å². The van der Waals surface area contributed by atoms with Gasteiger partial charge in [-0.05, 0) is 92.2 Å². The smallest absolute Gasteiger partial charge is 0.326 e. The van der Waals surface area contributed by atoms with Crippen LogP contribution in [0.1, 0.15) is 70.8 Å². The number of para-hydroxylation sites is 1. The zero-order chi connectivity index (χ0) is 32.7. The molecule has 4 aliphatic rings. The average Bonchev–Trinajstić information content (AvgIpc) is 3.57. The second kappa shape index (κ2) is 12.3. The number of H-pyrrole nitrogens is 1. The van der Waals surface area contributed by atoms with Crippen molar-refractivity contribution in [1.29, 1.82) is 0 Å². The molecule has 4 unspecified atom stereocenters. The molecule has 244 valence electrons. The zero-order valence-electron chi connectivity index (χ0n) is 26.6. The van der Waals surface area contributed by atoms with Crippen molar-refractivity contribution < 1.29 is 29.4 Å². The van der Waals surface area contributed by atoms with Gasteiger partial charge in [0.1, 0.15) is 11.6 Å². The molecule has 6 rings (SSSR count). The summed E-state index contributed by atoms with van der Waals surface area (Å²) >= 11 is 0. The number of carboxylic acids is 1. The summed E-state index contributed by atoms with van der Waals surface area (Å²) in [5.41, 5.74) is 2.72. The molecule has 10 heteroatoms. The van der Waals surface area contributed by atoms with Gasteiger partial charge in [0, 0.05) is 28.9 Å². The van der Waals surface area contributed by atoms with Crippen LogP contribution in [0, 0.1) is 40.9 Å². The van der Waals surface area contributed by atoms with Gasteiger partial charge in [-0.15, -0.1) is 6.42 Å². The van der Waals surface area contributed by atoms with Crippen LogP contribution in [0.3, 0.4) is 0 Å². The largest absolute Gasteiger partial charge is 0.480 e. The maximum Gasteiger partial charge on any atom is 0.326 e. The van der Waals surface area contributed by atoms with Gasteiger partial charge in [0.2, 0.25) is 5.91 Å². The van der Waals surface area contributed by atoms with E-state index in [-0.39, 0.29) is 30.4 Å². The summed E-state index contributed by atoms with van der Waals surface area (Å²) in [6, 6.07) is 6.39. The van der Waals surface area contributed by atoms with E-state index in [0.29, 0.717) is 24.2 Å². The van der Waals surface area contributed by atoms with E-state index in [1.165, 1.54) is 5.57 Å². The van der Waals surface area contributed by atoms with E-state index in [2.05, 4.69) is 46.6 Å². The van der Waals surface area contributed by atoms with Crippen molar-refractivity contribution in [2.24, 2.45) is 33.7 Å². The highest BCUT2D eigenvalue weighted by Gasteiger charge is 2.63. The van der Waals surface area contributed by atoms with Gasteiger partial charge in [-0.3, -0.25) is 9.59 Å². The Bertz CT molecular complexity index is 1640. The highest BCUT2D eigenvalue weighted by Crippen LogP contribution is 2.67. The maximum atomic E-state index is 12.5. The first-order chi connectivity index (χ1) is 22.0. The monoisotopic (exact) mass is 628 g/mol. The number of aromatic amines is 1. The number of allylic oxidation sites excluding steroid dienone is 2. The van der Waals surface area contributed by atoms with E-state index in [1.807, 2.05) is 24.3 Å². The lowest BCUT2D eigenvalue weighted by molar-refractivity contribution is -0.141. The lowest BCUT2D eigenvalue weighted by Gasteiger charge is -2.58. The summed E-state index contributed by atoms with van der Waals surface area (Å²) in [6.07, 6.45) is 17.3. The fourth-order valence-electron chi connectivity index (χ4n) is 9.27. The van der Waals surface area contributed by atoms with Gasteiger partial charge >= 0.3 is 5.97 Å². The second-order valence-electron chi connectivity index (χ2n) is 14.2. The molecule has 10 nitrogen and oxygen atoms in total. The van der Waals surface area contributed by atoms with Gasteiger partial charge in [-0.2, -0.15) is 0 Å². The standard InChI is InChI=1S/C36H44N4O6/c1-4-36(45)16-13-28-26-10-9-23-18-24(11-14-34(23,2)27(26)12-15-35(28,36)3)40-46-21-32(42)38-20-31(41)39-30(33(43)44)17-22-19-37-29-8-6-5-7-25(22)29/h1,5-8,18-19,26-28,30,37,45H,9-17,20-21H2,2-3H3,(H,38,42)(H,39,41)(H,43,44)/b40-24-/t26?,27?,28?,30?,34-,35-,36+/m0/s1. The average molecular weight is 629 g/mol. The third-order valence-electron chi connectivity index (χ3n) is 11.9. The second-order valence-corrected chi connectivity index (χ2v) is 14.2. The SMILES string of the molecule is C#C[C@@]1(O)CCC2C3CCC4=C/C(=N\OCC(=O)NCC(=O)NC(Cc5c[nH]c6ccccc56)C(=O)O)CC[C@]4(C)C3CC[C@@]21C. The molecule has 2 aromatic rings. The van der Waals surface area contributed by atoms with Crippen LogP contribution in [0.15, 0.2) is 47.3 Å². The zero-order valence-corrected chi connectivity index (χ0v) is 26.6. The summed E-state index contributed by atoms with van der Waals surface area (Å²) in [5.74, 6) is 2.01. The number of benzene rings is 1. The molecule has 1 heterocycles. The van der Waals surface area contributed by atoms with E-state index in [0.717, 1.165) is 67.1 Å². The number of hydrogen-bond donors (Lipinski definition) is 5. The minimum absolute atomic E-state index is 0.0763. The number of rotatable bonds is 9. The first kappa shape index (κ1) is 31.9. The molecule has 46 heavy (non-hydrogen) atoms. The Morgan fingerprint density at radius 2 is 1.89 bits per heavy atom. The molecule has 7 atom stereocenters. The summed E-state index contributed by atoms with van der Waals surface area (Å²) in [5, 5.41) is 31.0.